The summed E-state index contributed by atoms with van der Waals surface area (Å²) in [7, 11) is -1.51. The number of para-hydroxylation sites is 1. The molecule has 5 rings (SSSR count). The second-order valence-corrected chi connectivity index (χ2v) is 12.4. The zero-order chi connectivity index (χ0) is 33.8. The van der Waals surface area contributed by atoms with Crippen LogP contribution in [0, 0.1) is 0 Å². The molecule has 1 amide bonds. The first-order valence-electron chi connectivity index (χ1n) is 14.5. The number of anilines is 1. The Bertz CT molecular complexity index is 1880. The number of sulfonamides is 1. The van der Waals surface area contributed by atoms with Gasteiger partial charge in [0.2, 0.25) is 5.91 Å². The number of benzene rings is 4. The zero-order valence-corrected chi connectivity index (χ0v) is 26.2. The van der Waals surface area contributed by atoms with Crippen LogP contribution < -0.4 is 19.1 Å². The van der Waals surface area contributed by atoms with Gasteiger partial charge in [0.1, 0.15) is 12.6 Å². The van der Waals surface area contributed by atoms with E-state index in [4.69, 9.17) is 9.47 Å². The third kappa shape index (κ3) is 7.35. The first-order chi connectivity index (χ1) is 22.4. The molecule has 0 unspecified atom stereocenters. The molecular weight excluding hydrogens is 637 g/mol. The van der Waals surface area contributed by atoms with Crippen molar-refractivity contribution in [3.8, 4) is 22.6 Å². The molecule has 1 N–H and O–H groups in total. The van der Waals surface area contributed by atoms with E-state index in [1.54, 1.807) is 42.5 Å². The molecule has 0 saturated carbocycles. The normalized spacial score (nSPS) is 14.3. The lowest BCUT2D eigenvalue weighted by molar-refractivity contribution is -0.140. The number of fused-ring (bicyclic) bond motifs is 1. The second-order valence-electron chi connectivity index (χ2n) is 10.6. The Labute approximate surface area is 269 Å². The van der Waals surface area contributed by atoms with Gasteiger partial charge < -0.3 is 19.5 Å². The van der Waals surface area contributed by atoms with Gasteiger partial charge in [0.05, 0.1) is 43.3 Å². The molecule has 47 heavy (non-hydrogen) atoms. The number of rotatable bonds is 11. The van der Waals surface area contributed by atoms with Crippen LogP contribution in [0.2, 0.25) is 0 Å². The van der Waals surface area contributed by atoms with Crippen LogP contribution in [0.25, 0.3) is 11.1 Å². The fraction of sp³-hybridized carbons (Fsp3) is 0.235. The maximum atomic E-state index is 14.0. The van der Waals surface area contributed by atoms with Crippen molar-refractivity contribution in [1.82, 2.24) is 5.32 Å². The summed E-state index contributed by atoms with van der Waals surface area (Å²) in [6.45, 7) is 0.0974. The molecule has 13 heteroatoms. The van der Waals surface area contributed by atoms with Gasteiger partial charge in [0.15, 0.2) is 11.5 Å². The Hall–Kier alpha value is -5.04. The van der Waals surface area contributed by atoms with E-state index >= 15 is 0 Å². The Morgan fingerprint density at radius 3 is 2.34 bits per heavy atom. The quantitative estimate of drug-likeness (QED) is 0.168. The van der Waals surface area contributed by atoms with Crippen molar-refractivity contribution < 1.29 is 45.4 Å². The van der Waals surface area contributed by atoms with Crippen LogP contribution in [0.3, 0.4) is 0 Å². The topological polar surface area (TPSA) is 111 Å². The van der Waals surface area contributed by atoms with E-state index in [0.29, 0.717) is 33.9 Å². The first-order valence-corrected chi connectivity index (χ1v) is 15.9. The highest BCUT2D eigenvalue weighted by atomic mass is 32.2. The predicted molar refractivity (Wildman–Crippen MR) is 168 cm³/mol. The number of carbonyl (C=O) groups is 2. The van der Waals surface area contributed by atoms with Crippen molar-refractivity contribution in [2.24, 2.45) is 0 Å². The Morgan fingerprint density at radius 1 is 0.894 bits per heavy atom. The van der Waals surface area contributed by atoms with Crippen LogP contribution in [0.4, 0.5) is 18.9 Å². The summed E-state index contributed by atoms with van der Waals surface area (Å²) in [5.41, 5.74) is 1.58. The third-order valence-corrected chi connectivity index (χ3v) is 9.46. The van der Waals surface area contributed by atoms with Gasteiger partial charge in [0.25, 0.3) is 10.0 Å². The van der Waals surface area contributed by atoms with Crippen molar-refractivity contribution in [2.75, 3.05) is 31.7 Å². The van der Waals surface area contributed by atoms with Gasteiger partial charge in [-0.1, -0.05) is 48.5 Å². The number of alkyl halides is 3. The molecule has 246 valence electrons. The molecule has 4 aromatic rings. The molecule has 9 nitrogen and oxygen atoms in total. The van der Waals surface area contributed by atoms with Crippen molar-refractivity contribution >= 4 is 27.6 Å². The lowest BCUT2D eigenvalue weighted by Crippen LogP contribution is -2.48. The highest BCUT2D eigenvalue weighted by molar-refractivity contribution is 7.93. The number of hydrogen-bond donors (Lipinski definition) is 1. The smallest absolute Gasteiger partial charge is 0.416 e. The molecule has 0 aromatic heterocycles. The lowest BCUT2D eigenvalue weighted by atomic mass is 10.0. The third-order valence-electron chi connectivity index (χ3n) is 7.63. The van der Waals surface area contributed by atoms with Gasteiger partial charge in [-0.05, 0) is 64.7 Å². The van der Waals surface area contributed by atoms with Crippen LogP contribution in [0.5, 0.6) is 11.5 Å². The minimum absolute atomic E-state index is 0.0435. The summed E-state index contributed by atoms with van der Waals surface area (Å²) in [4.78, 5) is 24.9. The van der Waals surface area contributed by atoms with Gasteiger partial charge >= 0.3 is 12.1 Å². The van der Waals surface area contributed by atoms with Gasteiger partial charge in [-0.25, -0.2) is 8.42 Å². The highest BCUT2D eigenvalue weighted by Crippen LogP contribution is 2.38. The zero-order valence-electron chi connectivity index (χ0n) is 25.4. The van der Waals surface area contributed by atoms with Gasteiger partial charge in [-0.3, -0.25) is 13.9 Å². The molecule has 0 aliphatic carbocycles. The van der Waals surface area contributed by atoms with Gasteiger partial charge in [-0.2, -0.15) is 13.2 Å². The SMILES string of the molecule is COC(=O)Cc1ccc(OCCNC(=O)[C@@H]2Cc3ccccc3N2S(=O)(=O)c2ccc(-c3cccc(C(F)(F)F)c3)cc2)c(OC)c1. The molecule has 0 radical (unpaired) electrons. The lowest BCUT2D eigenvalue weighted by Gasteiger charge is -2.26. The number of hydrogen-bond acceptors (Lipinski definition) is 7. The van der Waals surface area contributed by atoms with E-state index in [1.165, 1.54) is 50.6 Å². The second kappa shape index (κ2) is 13.8. The Balaban J connectivity index is 1.29. The molecule has 0 fully saturated rings. The minimum Gasteiger partial charge on any atom is -0.493 e. The van der Waals surface area contributed by atoms with Gasteiger partial charge in [-0.15, -0.1) is 0 Å². The molecule has 0 spiro atoms. The van der Waals surface area contributed by atoms with Crippen LogP contribution in [-0.4, -0.2) is 53.7 Å². The van der Waals surface area contributed by atoms with Gasteiger partial charge in [0, 0.05) is 6.42 Å². The summed E-state index contributed by atoms with van der Waals surface area (Å²) in [5, 5.41) is 2.75. The maximum Gasteiger partial charge on any atom is 0.416 e. The number of ether oxygens (including phenoxy) is 3. The number of nitrogens with one attached hydrogen (secondary N) is 1. The number of halogens is 3. The fourth-order valence-corrected chi connectivity index (χ4v) is 6.94. The molecular formula is C34H31F3N2O7S. The van der Waals surface area contributed by atoms with Crippen molar-refractivity contribution in [3.05, 3.63) is 108 Å². The average molecular weight is 669 g/mol. The Morgan fingerprint density at radius 2 is 1.64 bits per heavy atom. The van der Waals surface area contributed by atoms with E-state index in [-0.39, 0.29) is 36.5 Å². The van der Waals surface area contributed by atoms with Crippen LogP contribution in [-0.2, 0) is 43.4 Å². The molecule has 1 aliphatic rings. The van der Waals surface area contributed by atoms with E-state index in [2.05, 4.69) is 10.1 Å². The number of amides is 1. The van der Waals surface area contributed by atoms with Crippen molar-refractivity contribution in [2.45, 2.75) is 30.0 Å². The standard InChI is InChI=1S/C34H31F3N2O7S/c1-44-31-18-22(19-32(40)45-2)10-15-30(31)46-17-16-38-33(41)29-21-25-6-3-4-9-28(25)39(29)47(42,43)27-13-11-23(12-14-27)24-7-5-8-26(20-24)34(35,36)37/h3-15,18,20,29H,16-17,19,21H2,1-2H3,(H,38,41)/t29-/m0/s1. The van der Waals surface area contributed by atoms with E-state index in [9.17, 15) is 31.2 Å². The van der Waals surface area contributed by atoms with Crippen molar-refractivity contribution in [1.29, 1.82) is 0 Å². The summed E-state index contributed by atoms with van der Waals surface area (Å²) in [6.07, 6.45) is -4.32. The molecule has 1 atom stereocenters. The summed E-state index contributed by atoms with van der Waals surface area (Å²) >= 11 is 0. The molecule has 0 saturated heterocycles. The van der Waals surface area contributed by atoms with E-state index in [0.717, 1.165) is 16.4 Å². The molecule has 1 aliphatic heterocycles. The Kier molecular flexibility index (Phi) is 9.75. The number of esters is 1. The number of nitrogens with zero attached hydrogens (tertiary/aromatic N) is 1. The van der Waals surface area contributed by atoms with E-state index < -0.39 is 39.7 Å². The van der Waals surface area contributed by atoms with Crippen LogP contribution in [0.1, 0.15) is 16.7 Å². The average Bonchev–Trinajstić information content (AvgIpc) is 3.47. The molecule has 0 bridgehead atoms. The molecule has 4 aromatic carbocycles. The molecule has 1 heterocycles. The largest absolute Gasteiger partial charge is 0.493 e. The number of carbonyl (C=O) groups excluding carboxylic acids is 2. The minimum atomic E-state index is -4.52. The number of methoxy groups -OCH3 is 2. The van der Waals surface area contributed by atoms with Crippen LogP contribution in [0.15, 0.2) is 95.9 Å². The first kappa shape index (κ1) is 33.3. The summed E-state index contributed by atoms with van der Waals surface area (Å²) < 4.78 is 84.5. The van der Waals surface area contributed by atoms with Crippen LogP contribution >= 0.6 is 0 Å². The van der Waals surface area contributed by atoms with E-state index in [1.807, 2.05) is 0 Å². The maximum absolute atomic E-state index is 14.0. The predicted octanol–water partition coefficient (Wildman–Crippen LogP) is 5.41. The summed E-state index contributed by atoms with van der Waals surface area (Å²) in [5.74, 6) is -0.156. The monoisotopic (exact) mass is 668 g/mol. The fourth-order valence-electron chi connectivity index (χ4n) is 5.29. The highest BCUT2D eigenvalue weighted by Gasteiger charge is 2.42. The van der Waals surface area contributed by atoms with Crippen molar-refractivity contribution in [3.63, 3.8) is 0 Å². The summed E-state index contributed by atoms with van der Waals surface area (Å²) in [6, 6.07) is 21.0.